The van der Waals surface area contributed by atoms with Gasteiger partial charge in [0, 0.05) is 17.1 Å². The molecule has 0 amide bonds. The summed E-state index contributed by atoms with van der Waals surface area (Å²) in [6.45, 7) is 2.04. The molecule has 2 nitrogen and oxygen atoms in total. The molecular formula is C15H11FN2. The lowest BCUT2D eigenvalue weighted by atomic mass is 10.1. The van der Waals surface area contributed by atoms with E-state index in [9.17, 15) is 4.39 Å². The second kappa shape index (κ2) is 4.18. The summed E-state index contributed by atoms with van der Waals surface area (Å²) in [7, 11) is 0. The minimum absolute atomic E-state index is 0.269. The van der Waals surface area contributed by atoms with Gasteiger partial charge >= 0.3 is 0 Å². The van der Waals surface area contributed by atoms with Crippen LogP contribution in [-0.2, 0) is 0 Å². The summed E-state index contributed by atoms with van der Waals surface area (Å²) >= 11 is 0. The molecule has 0 radical (unpaired) electrons. The predicted molar refractivity (Wildman–Crippen MR) is 69.7 cm³/mol. The van der Waals surface area contributed by atoms with E-state index < -0.39 is 0 Å². The first-order valence-electron chi connectivity index (χ1n) is 5.72. The van der Waals surface area contributed by atoms with Gasteiger partial charge in [-0.25, -0.2) is 14.4 Å². The fourth-order valence-electron chi connectivity index (χ4n) is 1.85. The first kappa shape index (κ1) is 10.8. The summed E-state index contributed by atoms with van der Waals surface area (Å²) in [6, 6.07) is 12.5. The van der Waals surface area contributed by atoms with Crippen molar-refractivity contribution in [1.29, 1.82) is 0 Å². The van der Waals surface area contributed by atoms with Gasteiger partial charge in [0.25, 0.3) is 0 Å². The van der Waals surface area contributed by atoms with Crippen molar-refractivity contribution in [2.24, 2.45) is 0 Å². The Hall–Kier alpha value is -2.29. The zero-order chi connectivity index (χ0) is 12.5. The van der Waals surface area contributed by atoms with E-state index in [1.165, 1.54) is 17.7 Å². The Morgan fingerprint density at radius 3 is 2.56 bits per heavy atom. The highest BCUT2D eigenvalue weighted by Crippen LogP contribution is 2.19. The molecule has 0 aliphatic rings. The third-order valence-electron chi connectivity index (χ3n) is 2.85. The summed E-state index contributed by atoms with van der Waals surface area (Å²) in [5, 5.41) is 0.714. The van der Waals surface area contributed by atoms with Gasteiger partial charge < -0.3 is 0 Å². The van der Waals surface area contributed by atoms with Crippen LogP contribution in [0.4, 0.5) is 4.39 Å². The molecule has 0 saturated carbocycles. The van der Waals surface area contributed by atoms with Crippen molar-refractivity contribution in [3.63, 3.8) is 0 Å². The fraction of sp³-hybridized carbons (Fsp3) is 0.0667. The maximum atomic E-state index is 13.0. The fourth-order valence-corrected chi connectivity index (χ4v) is 1.85. The van der Waals surface area contributed by atoms with Crippen LogP contribution in [0.1, 0.15) is 5.56 Å². The quantitative estimate of drug-likeness (QED) is 0.645. The maximum Gasteiger partial charge on any atom is 0.159 e. The molecule has 1 aromatic heterocycles. The van der Waals surface area contributed by atoms with E-state index in [2.05, 4.69) is 9.97 Å². The number of rotatable bonds is 1. The number of hydrogen-bond acceptors (Lipinski definition) is 2. The van der Waals surface area contributed by atoms with Gasteiger partial charge in [-0.15, -0.1) is 0 Å². The average molecular weight is 238 g/mol. The molecule has 88 valence electrons. The molecule has 0 N–H and O–H groups in total. The molecule has 0 bridgehead atoms. The Balaban J connectivity index is 2.13. The lowest BCUT2D eigenvalue weighted by Gasteiger charge is -2.03. The van der Waals surface area contributed by atoms with Crippen molar-refractivity contribution in [2.45, 2.75) is 6.92 Å². The van der Waals surface area contributed by atoms with Crippen molar-refractivity contribution in [3.8, 4) is 11.4 Å². The van der Waals surface area contributed by atoms with Crippen LogP contribution < -0.4 is 0 Å². The van der Waals surface area contributed by atoms with E-state index in [1.54, 1.807) is 12.3 Å². The molecule has 1 heterocycles. The largest absolute Gasteiger partial charge is 0.236 e. The molecule has 0 aliphatic heterocycles. The van der Waals surface area contributed by atoms with Gasteiger partial charge in [0.2, 0.25) is 0 Å². The van der Waals surface area contributed by atoms with Gasteiger partial charge in [0.15, 0.2) is 5.82 Å². The number of fused-ring (bicyclic) bond motifs is 1. The Labute approximate surface area is 104 Å². The topological polar surface area (TPSA) is 25.8 Å². The summed E-state index contributed by atoms with van der Waals surface area (Å²) < 4.78 is 13.0. The van der Waals surface area contributed by atoms with Crippen LogP contribution in [0.5, 0.6) is 0 Å². The first-order chi connectivity index (χ1) is 8.72. The van der Waals surface area contributed by atoms with Crippen LogP contribution in [0.2, 0.25) is 0 Å². The Kier molecular flexibility index (Phi) is 2.52. The second-order valence-corrected chi connectivity index (χ2v) is 4.26. The third-order valence-corrected chi connectivity index (χ3v) is 2.85. The van der Waals surface area contributed by atoms with E-state index in [-0.39, 0.29) is 5.82 Å². The molecule has 0 atom stereocenters. The summed E-state index contributed by atoms with van der Waals surface area (Å²) in [4.78, 5) is 8.71. The smallest absolute Gasteiger partial charge is 0.159 e. The van der Waals surface area contributed by atoms with Gasteiger partial charge in [0.05, 0.1) is 5.52 Å². The van der Waals surface area contributed by atoms with Crippen molar-refractivity contribution in [2.75, 3.05) is 0 Å². The zero-order valence-electron chi connectivity index (χ0n) is 9.89. The Morgan fingerprint density at radius 1 is 1.00 bits per heavy atom. The van der Waals surface area contributed by atoms with E-state index in [4.69, 9.17) is 0 Å². The number of hydrogen-bond donors (Lipinski definition) is 0. The minimum Gasteiger partial charge on any atom is -0.236 e. The molecule has 0 spiro atoms. The summed E-state index contributed by atoms with van der Waals surface area (Å²) in [5.41, 5.74) is 2.91. The van der Waals surface area contributed by atoms with Crippen LogP contribution in [-0.4, -0.2) is 9.97 Å². The molecule has 0 saturated heterocycles. The zero-order valence-corrected chi connectivity index (χ0v) is 9.89. The lowest BCUT2D eigenvalue weighted by Crippen LogP contribution is -1.90. The Bertz CT molecular complexity index is 705. The minimum atomic E-state index is -0.269. The van der Waals surface area contributed by atoms with Gasteiger partial charge in [0.1, 0.15) is 5.82 Å². The van der Waals surface area contributed by atoms with E-state index in [0.29, 0.717) is 11.2 Å². The number of aromatic nitrogens is 2. The summed E-state index contributed by atoms with van der Waals surface area (Å²) in [6.07, 6.45) is 1.65. The van der Waals surface area contributed by atoms with E-state index >= 15 is 0 Å². The van der Waals surface area contributed by atoms with Crippen LogP contribution in [0.3, 0.4) is 0 Å². The number of benzene rings is 2. The summed E-state index contributed by atoms with van der Waals surface area (Å²) in [5.74, 6) is 0.392. The highest BCUT2D eigenvalue weighted by Gasteiger charge is 2.03. The van der Waals surface area contributed by atoms with Gasteiger partial charge in [-0.3, -0.25) is 0 Å². The monoisotopic (exact) mass is 238 g/mol. The van der Waals surface area contributed by atoms with E-state index in [1.807, 2.05) is 31.2 Å². The van der Waals surface area contributed by atoms with Crippen LogP contribution in [0.15, 0.2) is 48.7 Å². The van der Waals surface area contributed by atoms with Crippen molar-refractivity contribution < 1.29 is 4.39 Å². The molecule has 18 heavy (non-hydrogen) atoms. The normalized spacial score (nSPS) is 10.8. The van der Waals surface area contributed by atoms with Gasteiger partial charge in [-0.2, -0.15) is 0 Å². The molecule has 3 aromatic rings. The predicted octanol–water partition coefficient (Wildman–Crippen LogP) is 3.74. The SMILES string of the molecule is Cc1ccc(-c2ncc3cc(F)ccc3n2)cc1. The van der Waals surface area contributed by atoms with Crippen LogP contribution >= 0.6 is 0 Å². The Morgan fingerprint density at radius 2 is 1.78 bits per heavy atom. The van der Waals surface area contributed by atoms with Gasteiger partial charge in [-0.05, 0) is 25.1 Å². The van der Waals surface area contributed by atoms with E-state index in [0.717, 1.165) is 11.1 Å². The molecular weight excluding hydrogens is 227 g/mol. The van der Waals surface area contributed by atoms with Crippen LogP contribution in [0, 0.1) is 12.7 Å². The molecule has 0 fully saturated rings. The molecule has 0 aliphatic carbocycles. The highest BCUT2D eigenvalue weighted by atomic mass is 19.1. The van der Waals surface area contributed by atoms with Crippen molar-refractivity contribution in [3.05, 3.63) is 60.0 Å². The number of halogens is 1. The van der Waals surface area contributed by atoms with Crippen LogP contribution in [0.25, 0.3) is 22.3 Å². The molecule has 0 unspecified atom stereocenters. The third kappa shape index (κ3) is 1.95. The molecule has 2 aromatic carbocycles. The molecule has 3 rings (SSSR count). The standard InChI is InChI=1S/C15H11FN2/c1-10-2-4-11(5-3-10)15-17-9-12-8-13(16)6-7-14(12)18-15/h2-9H,1H3. The molecule has 3 heteroatoms. The van der Waals surface area contributed by atoms with Crippen molar-refractivity contribution in [1.82, 2.24) is 9.97 Å². The maximum absolute atomic E-state index is 13.0. The lowest BCUT2D eigenvalue weighted by molar-refractivity contribution is 0.629. The average Bonchev–Trinajstić information content (AvgIpc) is 2.39. The van der Waals surface area contributed by atoms with Gasteiger partial charge in [-0.1, -0.05) is 29.8 Å². The first-order valence-corrected chi connectivity index (χ1v) is 5.72. The van der Waals surface area contributed by atoms with Crippen molar-refractivity contribution >= 4 is 10.9 Å². The number of aryl methyl sites for hydroxylation is 1. The highest BCUT2D eigenvalue weighted by molar-refractivity contribution is 5.79. The number of nitrogens with zero attached hydrogens (tertiary/aromatic N) is 2. The second-order valence-electron chi connectivity index (χ2n) is 4.26.